The Bertz CT molecular complexity index is 1080. The molecule has 1 aliphatic heterocycles. The van der Waals surface area contributed by atoms with Crippen molar-refractivity contribution in [2.45, 2.75) is 31.0 Å². The summed E-state index contributed by atoms with van der Waals surface area (Å²) in [6.45, 7) is -0.557. The van der Waals surface area contributed by atoms with Gasteiger partial charge in [-0.15, -0.1) is 0 Å². The fourth-order valence-corrected chi connectivity index (χ4v) is 4.21. The summed E-state index contributed by atoms with van der Waals surface area (Å²) in [5.74, 6) is -0.586. The molecule has 7 nitrogen and oxygen atoms in total. The molecule has 2 N–H and O–H groups in total. The van der Waals surface area contributed by atoms with Crippen LogP contribution in [0.5, 0.6) is 5.75 Å². The lowest BCUT2D eigenvalue weighted by atomic mass is 9.76. The Morgan fingerprint density at radius 3 is 2.56 bits per heavy atom. The first-order chi connectivity index (χ1) is 15.1. The van der Waals surface area contributed by atoms with Crippen LogP contribution in [0.3, 0.4) is 0 Å². The van der Waals surface area contributed by atoms with Gasteiger partial charge in [0.05, 0.1) is 12.7 Å². The molecule has 1 spiro atoms. The number of benzene rings is 2. The Morgan fingerprint density at radius 2 is 1.91 bits per heavy atom. The molecule has 1 atom stereocenters. The molecule has 1 heterocycles. The van der Waals surface area contributed by atoms with Crippen molar-refractivity contribution in [2.75, 3.05) is 19.0 Å². The number of nitrogens with zero attached hydrogens (tertiary/aromatic N) is 1. The van der Waals surface area contributed by atoms with Crippen molar-refractivity contribution in [1.82, 2.24) is 10.2 Å². The molecule has 0 bridgehead atoms. The molecule has 0 saturated carbocycles. The third-order valence-corrected chi connectivity index (χ3v) is 5.74. The summed E-state index contributed by atoms with van der Waals surface area (Å²) in [7, 11) is 1.54. The van der Waals surface area contributed by atoms with E-state index in [0.717, 1.165) is 41.1 Å². The Morgan fingerprint density at radius 1 is 1.19 bits per heavy atom. The van der Waals surface area contributed by atoms with Crippen LogP contribution in [0.1, 0.15) is 29.5 Å². The van der Waals surface area contributed by atoms with Gasteiger partial charge in [0.1, 0.15) is 17.8 Å². The van der Waals surface area contributed by atoms with E-state index in [-0.39, 0.29) is 5.69 Å². The van der Waals surface area contributed by atoms with Gasteiger partial charge in [-0.1, -0.05) is 6.07 Å². The standard InChI is InChI=1S/C22H20F3N3O4/c1-32-16-8-9-17-13(11-16)3-2-10-21(17)19(30)28(20(31)27-21)12-18(29)26-15-6-4-14(5-7-15)22(23,24)25/h4-9,11H,2-3,10,12H2,1H3,(H,26,29)(H,27,31)/t21-/m1/s1. The number of methoxy groups -OCH3 is 1. The van der Waals surface area contributed by atoms with Crippen LogP contribution in [0.25, 0.3) is 0 Å². The molecule has 2 aromatic rings. The SMILES string of the molecule is COc1ccc2c(c1)CCC[C@@]21NC(=O)N(CC(=O)Nc2ccc(C(F)(F)F)cc2)C1=O. The van der Waals surface area contributed by atoms with Gasteiger partial charge >= 0.3 is 12.2 Å². The summed E-state index contributed by atoms with van der Waals surface area (Å²) >= 11 is 0. The molecule has 10 heteroatoms. The highest BCUT2D eigenvalue weighted by Crippen LogP contribution is 2.41. The second kappa shape index (κ2) is 7.85. The van der Waals surface area contributed by atoms with Crippen LogP contribution in [0.2, 0.25) is 0 Å². The van der Waals surface area contributed by atoms with Crippen molar-refractivity contribution >= 4 is 23.5 Å². The largest absolute Gasteiger partial charge is 0.497 e. The molecule has 4 amide bonds. The molecule has 0 aromatic heterocycles. The molecule has 1 fully saturated rings. The molecule has 4 rings (SSSR count). The molecule has 168 valence electrons. The second-order valence-corrected chi connectivity index (χ2v) is 7.73. The van der Waals surface area contributed by atoms with Crippen LogP contribution in [0.4, 0.5) is 23.7 Å². The topological polar surface area (TPSA) is 87.7 Å². The minimum atomic E-state index is -4.49. The fourth-order valence-electron chi connectivity index (χ4n) is 4.21. The van der Waals surface area contributed by atoms with E-state index in [4.69, 9.17) is 4.74 Å². The van der Waals surface area contributed by atoms with E-state index in [1.165, 1.54) is 0 Å². The van der Waals surface area contributed by atoms with Gasteiger partial charge in [-0.2, -0.15) is 13.2 Å². The number of fused-ring (bicyclic) bond motifs is 2. The van der Waals surface area contributed by atoms with Gasteiger partial charge < -0.3 is 15.4 Å². The van der Waals surface area contributed by atoms with Gasteiger partial charge in [0.15, 0.2) is 0 Å². The van der Waals surface area contributed by atoms with E-state index in [1.54, 1.807) is 19.2 Å². The van der Waals surface area contributed by atoms with Crippen LogP contribution in [0, 0.1) is 0 Å². The maximum atomic E-state index is 13.3. The first-order valence-corrected chi connectivity index (χ1v) is 9.93. The number of imide groups is 1. The monoisotopic (exact) mass is 447 g/mol. The number of hydrogen-bond donors (Lipinski definition) is 2. The van der Waals surface area contributed by atoms with Crippen LogP contribution in [-0.4, -0.2) is 36.4 Å². The summed E-state index contributed by atoms with van der Waals surface area (Å²) in [5, 5.41) is 5.17. The predicted octanol–water partition coefficient (Wildman–Crippen LogP) is 3.44. The Hall–Kier alpha value is -3.56. The highest BCUT2D eigenvalue weighted by molar-refractivity contribution is 6.10. The average molecular weight is 447 g/mol. The lowest BCUT2D eigenvalue weighted by Crippen LogP contribution is -2.47. The minimum Gasteiger partial charge on any atom is -0.497 e. The molecule has 2 aromatic carbocycles. The number of urea groups is 1. The quantitative estimate of drug-likeness (QED) is 0.703. The maximum Gasteiger partial charge on any atom is 0.416 e. The van der Waals surface area contributed by atoms with Crippen LogP contribution >= 0.6 is 0 Å². The van der Waals surface area contributed by atoms with Crippen molar-refractivity contribution < 1.29 is 32.3 Å². The smallest absolute Gasteiger partial charge is 0.416 e. The molecule has 2 aliphatic rings. The van der Waals surface area contributed by atoms with E-state index in [9.17, 15) is 27.6 Å². The number of alkyl halides is 3. The Kier molecular flexibility index (Phi) is 5.31. The Balaban J connectivity index is 1.50. The number of rotatable bonds is 4. The van der Waals surface area contributed by atoms with Gasteiger partial charge in [-0.3, -0.25) is 14.5 Å². The number of halogens is 3. The summed E-state index contributed by atoms with van der Waals surface area (Å²) < 4.78 is 43.3. The first kappa shape index (κ1) is 21.7. The number of aryl methyl sites for hydroxylation is 1. The van der Waals surface area contributed by atoms with E-state index in [1.807, 2.05) is 6.07 Å². The lowest BCUT2D eigenvalue weighted by molar-refractivity contribution is -0.137. The van der Waals surface area contributed by atoms with Gasteiger partial charge in [-0.25, -0.2) is 4.79 Å². The van der Waals surface area contributed by atoms with Crippen molar-refractivity contribution in [1.29, 1.82) is 0 Å². The van der Waals surface area contributed by atoms with Gasteiger partial charge in [-0.05, 0) is 66.8 Å². The van der Waals surface area contributed by atoms with Crippen LogP contribution < -0.4 is 15.4 Å². The zero-order valence-corrected chi connectivity index (χ0v) is 17.1. The molecule has 1 aliphatic carbocycles. The minimum absolute atomic E-state index is 0.125. The Labute approximate surface area is 181 Å². The molecular formula is C22H20F3N3O4. The van der Waals surface area contributed by atoms with Crippen molar-refractivity contribution in [3.8, 4) is 5.75 Å². The molecule has 32 heavy (non-hydrogen) atoms. The van der Waals surface area contributed by atoms with E-state index in [2.05, 4.69) is 10.6 Å². The highest BCUT2D eigenvalue weighted by Gasteiger charge is 2.54. The fraction of sp³-hybridized carbons (Fsp3) is 0.318. The van der Waals surface area contributed by atoms with E-state index >= 15 is 0 Å². The van der Waals surface area contributed by atoms with Crippen LogP contribution in [0.15, 0.2) is 42.5 Å². The number of carbonyl (C=O) groups is 3. The van der Waals surface area contributed by atoms with E-state index < -0.39 is 41.7 Å². The van der Waals surface area contributed by atoms with Gasteiger partial charge in [0.25, 0.3) is 5.91 Å². The average Bonchev–Trinajstić information content (AvgIpc) is 2.98. The van der Waals surface area contributed by atoms with Crippen molar-refractivity contribution in [3.05, 3.63) is 59.2 Å². The summed E-state index contributed by atoms with van der Waals surface area (Å²) in [5.41, 5.74) is -0.404. The number of hydrogen-bond acceptors (Lipinski definition) is 4. The summed E-state index contributed by atoms with van der Waals surface area (Å²) in [6.07, 6.45) is -2.70. The van der Waals surface area contributed by atoms with Crippen molar-refractivity contribution in [2.24, 2.45) is 0 Å². The second-order valence-electron chi connectivity index (χ2n) is 7.73. The third-order valence-electron chi connectivity index (χ3n) is 5.74. The van der Waals surface area contributed by atoms with Crippen LogP contribution in [-0.2, 0) is 27.7 Å². The number of anilines is 1. The molecule has 0 radical (unpaired) electrons. The summed E-state index contributed by atoms with van der Waals surface area (Å²) in [4.78, 5) is 39.1. The maximum absolute atomic E-state index is 13.3. The molecule has 1 saturated heterocycles. The van der Waals surface area contributed by atoms with Gasteiger partial charge in [0, 0.05) is 5.69 Å². The molecule has 0 unspecified atom stereocenters. The number of amides is 4. The summed E-state index contributed by atoms with van der Waals surface area (Å²) in [6, 6.07) is 8.49. The number of ether oxygens (including phenoxy) is 1. The number of carbonyl (C=O) groups excluding carboxylic acids is 3. The third kappa shape index (κ3) is 3.76. The number of nitrogens with one attached hydrogen (secondary N) is 2. The lowest BCUT2D eigenvalue weighted by Gasteiger charge is -2.33. The van der Waals surface area contributed by atoms with Gasteiger partial charge in [0.2, 0.25) is 5.91 Å². The highest BCUT2D eigenvalue weighted by atomic mass is 19.4. The molecular weight excluding hydrogens is 427 g/mol. The van der Waals surface area contributed by atoms with E-state index in [0.29, 0.717) is 24.2 Å². The normalized spacial score (nSPS) is 20.2. The predicted molar refractivity (Wildman–Crippen MR) is 108 cm³/mol. The van der Waals surface area contributed by atoms with Crippen molar-refractivity contribution in [3.63, 3.8) is 0 Å². The zero-order chi connectivity index (χ0) is 23.1. The zero-order valence-electron chi connectivity index (χ0n) is 17.1. The first-order valence-electron chi connectivity index (χ1n) is 9.93.